The van der Waals surface area contributed by atoms with Crippen molar-refractivity contribution in [3.63, 3.8) is 0 Å². The van der Waals surface area contributed by atoms with Crippen LogP contribution in [-0.4, -0.2) is 43.8 Å². The minimum absolute atomic E-state index is 0.130. The molecule has 0 unspecified atom stereocenters. The Morgan fingerprint density at radius 1 is 1.06 bits per heavy atom. The Hall–Kier alpha value is -3.01. The van der Waals surface area contributed by atoms with Crippen LogP contribution < -0.4 is 10.0 Å². The molecule has 7 nitrogen and oxygen atoms in total. The zero-order chi connectivity index (χ0) is 22.5. The predicted octanol–water partition coefficient (Wildman–Crippen LogP) is 3.24. The standard InChI is InChI=1S/C23H21N3O4S2/c1-14-2-5-17(6-3-14)32(29,30)25-20-8-10-26-21(20)22(27)24-19-7-4-15(12-18(19)23(26)28)16-9-11-31-13-16/h2-7,9,11-13,20-21,25H,8,10H2,1H3,(H,24,27)/t20-,21+/m1/s1. The lowest BCUT2D eigenvalue weighted by Crippen LogP contribution is -2.51. The Bertz CT molecular complexity index is 1300. The lowest BCUT2D eigenvalue weighted by atomic mass is 10.0. The molecule has 2 aromatic carbocycles. The Morgan fingerprint density at radius 2 is 1.84 bits per heavy atom. The molecule has 9 heteroatoms. The number of rotatable bonds is 4. The third-order valence-corrected chi connectivity index (χ3v) is 8.12. The minimum Gasteiger partial charge on any atom is -0.325 e. The zero-order valence-corrected chi connectivity index (χ0v) is 18.9. The van der Waals surface area contributed by atoms with E-state index in [0.29, 0.717) is 24.2 Å². The Balaban J connectivity index is 1.44. The third kappa shape index (κ3) is 3.62. The fourth-order valence-electron chi connectivity index (χ4n) is 4.25. The van der Waals surface area contributed by atoms with Crippen molar-refractivity contribution in [2.24, 2.45) is 0 Å². The highest BCUT2D eigenvalue weighted by Crippen LogP contribution is 2.33. The van der Waals surface area contributed by atoms with Gasteiger partial charge in [-0.25, -0.2) is 13.1 Å². The van der Waals surface area contributed by atoms with Crippen molar-refractivity contribution >= 4 is 38.9 Å². The molecular weight excluding hydrogens is 446 g/mol. The first kappa shape index (κ1) is 20.9. The number of fused-ring (bicyclic) bond motifs is 2. The summed E-state index contributed by atoms with van der Waals surface area (Å²) in [6, 6.07) is 12.2. The van der Waals surface area contributed by atoms with Gasteiger partial charge in [-0.15, -0.1) is 0 Å². The number of carbonyl (C=O) groups excluding carboxylic acids is 2. The maximum atomic E-state index is 13.4. The van der Waals surface area contributed by atoms with Gasteiger partial charge < -0.3 is 10.2 Å². The van der Waals surface area contributed by atoms with Crippen LogP contribution in [0.15, 0.2) is 64.2 Å². The van der Waals surface area contributed by atoms with E-state index in [-0.39, 0.29) is 10.8 Å². The van der Waals surface area contributed by atoms with Crippen molar-refractivity contribution in [1.82, 2.24) is 9.62 Å². The number of carbonyl (C=O) groups is 2. The molecule has 5 rings (SSSR count). The number of aryl methyl sites for hydroxylation is 1. The van der Waals surface area contributed by atoms with Crippen LogP contribution in [0.2, 0.25) is 0 Å². The first-order valence-electron chi connectivity index (χ1n) is 10.2. The van der Waals surface area contributed by atoms with E-state index >= 15 is 0 Å². The van der Waals surface area contributed by atoms with Crippen LogP contribution in [0.4, 0.5) is 5.69 Å². The minimum atomic E-state index is -3.83. The van der Waals surface area contributed by atoms with Crippen molar-refractivity contribution in [3.05, 3.63) is 70.4 Å². The Kier molecular flexibility index (Phi) is 5.11. The quantitative estimate of drug-likeness (QED) is 0.616. The molecule has 1 aromatic heterocycles. The van der Waals surface area contributed by atoms with E-state index in [4.69, 9.17) is 0 Å². The van der Waals surface area contributed by atoms with Crippen LogP contribution in [0.25, 0.3) is 11.1 Å². The Morgan fingerprint density at radius 3 is 2.56 bits per heavy atom. The summed E-state index contributed by atoms with van der Waals surface area (Å²) in [5.41, 5.74) is 3.69. The van der Waals surface area contributed by atoms with Crippen LogP contribution in [0, 0.1) is 6.92 Å². The second kappa shape index (κ2) is 7.84. The molecule has 2 amide bonds. The van der Waals surface area contributed by atoms with Crippen molar-refractivity contribution in [2.75, 3.05) is 11.9 Å². The predicted molar refractivity (Wildman–Crippen MR) is 123 cm³/mol. The molecule has 1 fully saturated rings. The van der Waals surface area contributed by atoms with Crippen LogP contribution in [0.3, 0.4) is 0 Å². The molecule has 0 spiro atoms. The van der Waals surface area contributed by atoms with Gasteiger partial charge >= 0.3 is 0 Å². The van der Waals surface area contributed by atoms with Gasteiger partial charge in [0.25, 0.3) is 5.91 Å². The van der Waals surface area contributed by atoms with Gasteiger partial charge in [-0.1, -0.05) is 23.8 Å². The number of nitrogens with one attached hydrogen (secondary N) is 2. The van der Waals surface area contributed by atoms with Crippen LogP contribution in [-0.2, 0) is 14.8 Å². The van der Waals surface area contributed by atoms with Gasteiger partial charge in [-0.3, -0.25) is 9.59 Å². The van der Waals surface area contributed by atoms with Gasteiger partial charge in [0.15, 0.2) is 0 Å². The average Bonchev–Trinajstić information content (AvgIpc) is 3.42. The summed E-state index contributed by atoms with van der Waals surface area (Å²) in [4.78, 5) is 28.0. The number of hydrogen-bond acceptors (Lipinski definition) is 5. The molecule has 164 valence electrons. The van der Waals surface area contributed by atoms with Crippen molar-refractivity contribution in [3.8, 4) is 11.1 Å². The van der Waals surface area contributed by atoms with E-state index in [0.717, 1.165) is 16.7 Å². The van der Waals surface area contributed by atoms with Crippen LogP contribution >= 0.6 is 11.3 Å². The van der Waals surface area contributed by atoms with Crippen LogP contribution in [0.5, 0.6) is 0 Å². The largest absolute Gasteiger partial charge is 0.325 e. The van der Waals surface area contributed by atoms with E-state index in [1.54, 1.807) is 35.6 Å². The van der Waals surface area contributed by atoms with Gasteiger partial charge in [-0.2, -0.15) is 11.3 Å². The second-order valence-corrected chi connectivity index (χ2v) is 10.5. The van der Waals surface area contributed by atoms with E-state index in [9.17, 15) is 18.0 Å². The average molecular weight is 468 g/mol. The molecule has 3 heterocycles. The monoisotopic (exact) mass is 467 g/mol. The summed E-state index contributed by atoms with van der Waals surface area (Å²) in [5.74, 6) is -0.674. The third-order valence-electron chi connectivity index (χ3n) is 5.93. The number of sulfonamides is 1. The topological polar surface area (TPSA) is 95.6 Å². The van der Waals surface area contributed by atoms with Crippen molar-refractivity contribution in [1.29, 1.82) is 0 Å². The molecule has 0 radical (unpaired) electrons. The number of nitrogens with zero attached hydrogens (tertiary/aromatic N) is 1. The van der Waals surface area contributed by atoms with E-state index in [1.165, 1.54) is 17.0 Å². The molecule has 32 heavy (non-hydrogen) atoms. The smallest absolute Gasteiger partial charge is 0.256 e. The fourth-order valence-corrected chi connectivity index (χ4v) is 6.19. The van der Waals surface area contributed by atoms with Gasteiger partial charge in [0.2, 0.25) is 15.9 Å². The molecule has 2 atom stereocenters. The van der Waals surface area contributed by atoms with Crippen molar-refractivity contribution < 1.29 is 18.0 Å². The molecule has 0 saturated carbocycles. The number of anilines is 1. The number of thiophene rings is 1. The molecule has 1 saturated heterocycles. The first-order valence-corrected chi connectivity index (χ1v) is 12.6. The molecule has 2 aliphatic heterocycles. The van der Waals surface area contributed by atoms with Crippen LogP contribution in [0.1, 0.15) is 22.3 Å². The molecule has 3 aromatic rings. The summed E-state index contributed by atoms with van der Waals surface area (Å²) in [7, 11) is -3.83. The summed E-state index contributed by atoms with van der Waals surface area (Å²) in [6.45, 7) is 2.17. The Labute approximate surface area is 190 Å². The molecule has 0 bridgehead atoms. The maximum Gasteiger partial charge on any atom is 0.256 e. The second-order valence-electron chi connectivity index (χ2n) is 8.03. The SMILES string of the molecule is Cc1ccc(S(=O)(=O)N[C@@H]2CCN3C(=O)c4cc(-c5ccsc5)ccc4NC(=O)[C@H]23)cc1. The summed E-state index contributed by atoms with van der Waals surface area (Å²) < 4.78 is 28.4. The zero-order valence-electron chi connectivity index (χ0n) is 17.2. The van der Waals surface area contributed by atoms with Gasteiger partial charge in [0, 0.05) is 6.54 Å². The van der Waals surface area contributed by atoms with Gasteiger partial charge in [0.1, 0.15) is 6.04 Å². The number of benzene rings is 2. The summed E-state index contributed by atoms with van der Waals surface area (Å²) in [6.07, 6.45) is 0.356. The molecule has 2 N–H and O–H groups in total. The van der Waals surface area contributed by atoms with Crippen molar-refractivity contribution in [2.45, 2.75) is 30.3 Å². The molecule has 0 aliphatic carbocycles. The lowest BCUT2D eigenvalue weighted by molar-refractivity contribution is -0.120. The van der Waals surface area contributed by atoms with E-state index in [1.807, 2.05) is 29.8 Å². The van der Waals surface area contributed by atoms with Gasteiger partial charge in [-0.05, 0) is 65.6 Å². The fraction of sp³-hybridized carbons (Fsp3) is 0.217. The normalized spacial score (nSPS) is 20.5. The molecule has 2 aliphatic rings. The van der Waals surface area contributed by atoms with E-state index in [2.05, 4.69) is 10.0 Å². The maximum absolute atomic E-state index is 13.4. The summed E-state index contributed by atoms with van der Waals surface area (Å²) >= 11 is 1.57. The summed E-state index contributed by atoms with van der Waals surface area (Å²) in [5, 5.41) is 6.79. The highest BCUT2D eigenvalue weighted by molar-refractivity contribution is 7.89. The molecular formula is C23H21N3O4S2. The highest BCUT2D eigenvalue weighted by atomic mass is 32.2. The first-order chi connectivity index (χ1) is 15.3. The lowest BCUT2D eigenvalue weighted by Gasteiger charge is -2.24. The highest BCUT2D eigenvalue weighted by Gasteiger charge is 2.46. The number of hydrogen-bond donors (Lipinski definition) is 2. The van der Waals surface area contributed by atoms with E-state index < -0.39 is 28.0 Å². The van der Waals surface area contributed by atoms with Gasteiger partial charge in [0.05, 0.1) is 22.2 Å². The number of amides is 2.